The molecule has 0 radical (unpaired) electrons. The molecule has 1 aromatic heterocycles. The first-order chi connectivity index (χ1) is 7.18. The first kappa shape index (κ1) is 13.2. The molecule has 0 atom stereocenters. The predicted molar refractivity (Wildman–Crippen MR) is 70.7 cm³/mol. The third kappa shape index (κ3) is 4.34. The summed E-state index contributed by atoms with van der Waals surface area (Å²) in [5, 5.41) is 0. The van der Waals surface area contributed by atoms with Gasteiger partial charge in [0.05, 0.1) is 0 Å². The van der Waals surface area contributed by atoms with E-state index in [0.717, 1.165) is 6.42 Å². The van der Waals surface area contributed by atoms with Crippen molar-refractivity contribution in [3.8, 4) is 0 Å². The normalized spacial score (nSPS) is 12.9. The minimum Gasteiger partial charge on any atom is -0.257 e. The lowest BCUT2D eigenvalue weighted by atomic mass is 9.89. The van der Waals surface area contributed by atoms with Gasteiger partial charge >= 0.3 is 0 Å². The smallest absolute Gasteiger partial charge is 0.0460 e. The average molecular weight is 219 g/mol. The van der Waals surface area contributed by atoms with E-state index in [0.29, 0.717) is 5.41 Å². The highest BCUT2D eigenvalue weighted by Crippen LogP contribution is 2.23. The van der Waals surface area contributed by atoms with Crippen LogP contribution in [0.2, 0.25) is 0 Å². The van der Waals surface area contributed by atoms with E-state index < -0.39 is 0 Å². The molecule has 1 heterocycles. The largest absolute Gasteiger partial charge is 0.257 e. The minimum absolute atomic E-state index is 0.151. The summed E-state index contributed by atoms with van der Waals surface area (Å²) in [6, 6.07) is 6.40. The lowest BCUT2D eigenvalue weighted by molar-refractivity contribution is 0.376. The van der Waals surface area contributed by atoms with E-state index in [1.54, 1.807) is 0 Å². The van der Waals surface area contributed by atoms with Crippen LogP contribution >= 0.6 is 0 Å². The second-order valence-electron chi connectivity index (χ2n) is 6.82. The van der Waals surface area contributed by atoms with Gasteiger partial charge in [-0.1, -0.05) is 47.6 Å². The Balaban J connectivity index is 2.76. The lowest BCUT2D eigenvalue weighted by Crippen LogP contribution is -2.15. The van der Waals surface area contributed by atoms with Crippen LogP contribution in [0.25, 0.3) is 0 Å². The second kappa shape index (κ2) is 4.57. The number of nitrogens with zero attached hydrogens (tertiary/aromatic N) is 1. The molecule has 0 N–H and O–H groups in total. The molecule has 0 aliphatic rings. The Hall–Kier alpha value is -0.850. The first-order valence-electron chi connectivity index (χ1n) is 6.15. The van der Waals surface area contributed by atoms with E-state index in [1.165, 1.54) is 17.8 Å². The molecule has 0 unspecified atom stereocenters. The quantitative estimate of drug-likeness (QED) is 0.720. The minimum atomic E-state index is 0.151. The summed E-state index contributed by atoms with van der Waals surface area (Å²) in [5.74, 6) is 0. The molecule has 0 aromatic carbocycles. The number of aromatic nitrogens is 1. The van der Waals surface area contributed by atoms with Gasteiger partial charge in [0.25, 0.3) is 0 Å². The van der Waals surface area contributed by atoms with Crippen molar-refractivity contribution in [1.29, 1.82) is 0 Å². The van der Waals surface area contributed by atoms with E-state index in [4.69, 9.17) is 4.98 Å². The maximum absolute atomic E-state index is 4.75. The maximum Gasteiger partial charge on any atom is 0.0460 e. The number of aryl methyl sites for hydroxylation is 1. The third-order valence-corrected chi connectivity index (χ3v) is 2.71. The van der Waals surface area contributed by atoms with Crippen molar-refractivity contribution in [2.24, 2.45) is 5.41 Å². The van der Waals surface area contributed by atoms with Crippen LogP contribution in [0.1, 0.15) is 59.4 Å². The summed E-state index contributed by atoms with van der Waals surface area (Å²) in [6.45, 7) is 13.5. The molecule has 0 saturated heterocycles. The molecular weight excluding hydrogens is 194 g/mol. The summed E-state index contributed by atoms with van der Waals surface area (Å²) >= 11 is 0. The third-order valence-electron chi connectivity index (χ3n) is 2.71. The topological polar surface area (TPSA) is 12.9 Å². The van der Waals surface area contributed by atoms with Gasteiger partial charge < -0.3 is 0 Å². The van der Waals surface area contributed by atoms with E-state index in [9.17, 15) is 0 Å². The summed E-state index contributed by atoms with van der Waals surface area (Å²) in [7, 11) is 0. The van der Waals surface area contributed by atoms with Crippen molar-refractivity contribution in [2.45, 2.75) is 59.8 Å². The van der Waals surface area contributed by atoms with Crippen LogP contribution in [0.4, 0.5) is 0 Å². The molecule has 1 aromatic rings. The standard InChI is InChI=1S/C15H25N/c1-14(2,3)11-10-12-8-7-9-13(16-12)15(4,5)6/h7-9H,10-11H2,1-6H3. The van der Waals surface area contributed by atoms with Crippen LogP contribution < -0.4 is 0 Å². The van der Waals surface area contributed by atoms with Gasteiger partial charge in [-0.25, -0.2) is 0 Å². The van der Waals surface area contributed by atoms with Crippen LogP contribution in [0, 0.1) is 5.41 Å². The first-order valence-corrected chi connectivity index (χ1v) is 6.15. The van der Waals surface area contributed by atoms with Crippen LogP contribution in [-0.4, -0.2) is 4.98 Å². The molecule has 90 valence electrons. The van der Waals surface area contributed by atoms with E-state index in [1.807, 2.05) is 0 Å². The molecule has 0 amide bonds. The highest BCUT2D eigenvalue weighted by molar-refractivity contribution is 5.17. The second-order valence-corrected chi connectivity index (χ2v) is 6.82. The van der Waals surface area contributed by atoms with Gasteiger partial charge in [-0.05, 0) is 30.4 Å². The van der Waals surface area contributed by atoms with E-state index >= 15 is 0 Å². The molecule has 0 saturated carbocycles. The fourth-order valence-electron chi connectivity index (χ4n) is 1.54. The number of rotatable bonds is 2. The zero-order chi connectivity index (χ0) is 12.4. The summed E-state index contributed by atoms with van der Waals surface area (Å²) in [4.78, 5) is 4.75. The molecule has 0 spiro atoms. The molecule has 0 aliphatic carbocycles. The lowest BCUT2D eigenvalue weighted by Gasteiger charge is -2.20. The average Bonchev–Trinajstić information content (AvgIpc) is 2.13. The van der Waals surface area contributed by atoms with Gasteiger partial charge in [-0.15, -0.1) is 0 Å². The highest BCUT2D eigenvalue weighted by Gasteiger charge is 2.16. The van der Waals surface area contributed by atoms with Crippen molar-refractivity contribution in [1.82, 2.24) is 4.98 Å². The fourth-order valence-corrected chi connectivity index (χ4v) is 1.54. The fraction of sp³-hybridized carbons (Fsp3) is 0.667. The molecule has 1 nitrogen and oxygen atoms in total. The molecule has 1 heteroatoms. The molecule has 0 fully saturated rings. The van der Waals surface area contributed by atoms with E-state index in [-0.39, 0.29) is 5.41 Å². The number of pyridine rings is 1. The van der Waals surface area contributed by atoms with Crippen molar-refractivity contribution < 1.29 is 0 Å². The Morgan fingerprint density at radius 2 is 1.62 bits per heavy atom. The zero-order valence-corrected chi connectivity index (χ0v) is 11.6. The van der Waals surface area contributed by atoms with Crippen LogP contribution in [-0.2, 0) is 11.8 Å². The van der Waals surface area contributed by atoms with Crippen molar-refractivity contribution >= 4 is 0 Å². The van der Waals surface area contributed by atoms with Crippen LogP contribution in [0.3, 0.4) is 0 Å². The van der Waals surface area contributed by atoms with Crippen molar-refractivity contribution in [3.63, 3.8) is 0 Å². The number of hydrogen-bond acceptors (Lipinski definition) is 1. The Labute approximate surface area is 100 Å². The van der Waals surface area contributed by atoms with Crippen LogP contribution in [0.5, 0.6) is 0 Å². The van der Waals surface area contributed by atoms with E-state index in [2.05, 4.69) is 59.7 Å². The Kier molecular flexibility index (Phi) is 3.77. The highest BCUT2D eigenvalue weighted by atomic mass is 14.7. The van der Waals surface area contributed by atoms with Gasteiger partial charge in [-0.3, -0.25) is 4.98 Å². The Morgan fingerprint density at radius 1 is 1.00 bits per heavy atom. The predicted octanol–water partition coefficient (Wildman–Crippen LogP) is 4.36. The number of hydrogen-bond donors (Lipinski definition) is 0. The van der Waals surface area contributed by atoms with Crippen molar-refractivity contribution in [3.05, 3.63) is 29.6 Å². The molecule has 0 bridgehead atoms. The van der Waals surface area contributed by atoms with Crippen molar-refractivity contribution in [2.75, 3.05) is 0 Å². The Bertz CT molecular complexity index is 339. The van der Waals surface area contributed by atoms with Gasteiger partial charge in [-0.2, -0.15) is 0 Å². The summed E-state index contributed by atoms with van der Waals surface area (Å²) < 4.78 is 0. The van der Waals surface area contributed by atoms with Crippen LogP contribution in [0.15, 0.2) is 18.2 Å². The van der Waals surface area contributed by atoms with Gasteiger partial charge in [0, 0.05) is 16.8 Å². The zero-order valence-electron chi connectivity index (χ0n) is 11.6. The monoisotopic (exact) mass is 219 g/mol. The summed E-state index contributed by atoms with van der Waals surface area (Å²) in [6.07, 6.45) is 2.26. The van der Waals surface area contributed by atoms with Gasteiger partial charge in [0.1, 0.15) is 0 Å². The van der Waals surface area contributed by atoms with Gasteiger partial charge in [0.2, 0.25) is 0 Å². The SMILES string of the molecule is CC(C)(C)CCc1cccc(C(C)(C)C)n1. The Morgan fingerprint density at radius 3 is 2.12 bits per heavy atom. The molecule has 1 rings (SSSR count). The van der Waals surface area contributed by atoms with Gasteiger partial charge in [0.15, 0.2) is 0 Å². The maximum atomic E-state index is 4.75. The molecule has 0 aliphatic heterocycles. The molecular formula is C15H25N. The summed E-state index contributed by atoms with van der Waals surface area (Å²) in [5.41, 5.74) is 2.96. The molecule has 16 heavy (non-hydrogen) atoms.